The number of ether oxygens (including phenoxy) is 1. The first kappa shape index (κ1) is 15.3. The third-order valence-corrected chi connectivity index (χ3v) is 2.62. The minimum atomic E-state index is -0.134. The number of hydrogen-bond donors (Lipinski definition) is 2. The summed E-state index contributed by atoms with van der Waals surface area (Å²) in [5.41, 5.74) is 0.925. The molecule has 1 aromatic heterocycles. The standard InChI is InChI=1S/C15H15N5O2/c1-11(21)20-12-3-2-4-13(9-12)22-8-7-19-15-14(10-16)17-5-6-18-15/h2-6,9H,7-8H2,1H3,(H,18,19)(H,20,21). The van der Waals surface area contributed by atoms with Gasteiger partial charge >= 0.3 is 0 Å². The first-order valence-electron chi connectivity index (χ1n) is 6.64. The zero-order valence-corrected chi connectivity index (χ0v) is 12.0. The number of carbonyl (C=O) groups is 1. The average molecular weight is 297 g/mol. The summed E-state index contributed by atoms with van der Waals surface area (Å²) in [6.07, 6.45) is 2.98. The number of nitrogens with one attached hydrogen (secondary N) is 2. The molecule has 1 amide bonds. The van der Waals surface area contributed by atoms with Crippen molar-refractivity contribution in [3.05, 3.63) is 42.4 Å². The minimum absolute atomic E-state index is 0.134. The smallest absolute Gasteiger partial charge is 0.221 e. The van der Waals surface area contributed by atoms with Crippen molar-refractivity contribution in [1.82, 2.24) is 9.97 Å². The molecule has 0 aliphatic heterocycles. The van der Waals surface area contributed by atoms with Crippen LogP contribution in [0, 0.1) is 11.3 Å². The number of nitriles is 1. The van der Waals surface area contributed by atoms with Crippen molar-refractivity contribution in [3.63, 3.8) is 0 Å². The Morgan fingerprint density at radius 3 is 2.95 bits per heavy atom. The molecular weight excluding hydrogens is 282 g/mol. The molecule has 1 aromatic carbocycles. The number of aromatic nitrogens is 2. The van der Waals surface area contributed by atoms with Crippen LogP contribution in [-0.4, -0.2) is 29.0 Å². The third-order valence-electron chi connectivity index (χ3n) is 2.62. The van der Waals surface area contributed by atoms with E-state index in [4.69, 9.17) is 10.00 Å². The summed E-state index contributed by atoms with van der Waals surface area (Å²) < 4.78 is 5.58. The van der Waals surface area contributed by atoms with Crippen LogP contribution < -0.4 is 15.4 Å². The van der Waals surface area contributed by atoms with Crippen LogP contribution in [0.15, 0.2) is 36.7 Å². The number of rotatable bonds is 6. The molecule has 0 radical (unpaired) electrons. The molecule has 22 heavy (non-hydrogen) atoms. The van der Waals surface area contributed by atoms with Gasteiger partial charge in [-0.3, -0.25) is 4.79 Å². The molecule has 0 atom stereocenters. The summed E-state index contributed by atoms with van der Waals surface area (Å²) in [5.74, 6) is 0.943. The Labute approximate surface area is 128 Å². The monoisotopic (exact) mass is 297 g/mol. The lowest BCUT2D eigenvalue weighted by Crippen LogP contribution is -2.13. The molecule has 2 rings (SSSR count). The van der Waals surface area contributed by atoms with E-state index in [0.717, 1.165) is 0 Å². The highest BCUT2D eigenvalue weighted by molar-refractivity contribution is 5.88. The highest BCUT2D eigenvalue weighted by atomic mass is 16.5. The number of anilines is 2. The number of hydrogen-bond acceptors (Lipinski definition) is 6. The Morgan fingerprint density at radius 2 is 2.18 bits per heavy atom. The van der Waals surface area contributed by atoms with Gasteiger partial charge in [0.25, 0.3) is 0 Å². The molecule has 0 bridgehead atoms. The second-order valence-electron chi connectivity index (χ2n) is 4.35. The van der Waals surface area contributed by atoms with Crippen LogP contribution in [0.2, 0.25) is 0 Å². The molecule has 112 valence electrons. The van der Waals surface area contributed by atoms with E-state index >= 15 is 0 Å². The molecule has 0 unspecified atom stereocenters. The van der Waals surface area contributed by atoms with E-state index in [1.165, 1.54) is 19.3 Å². The molecule has 0 spiro atoms. The van der Waals surface area contributed by atoms with Gasteiger partial charge in [-0.25, -0.2) is 9.97 Å². The highest BCUT2D eigenvalue weighted by Crippen LogP contribution is 2.17. The van der Waals surface area contributed by atoms with Crippen LogP contribution in [0.1, 0.15) is 12.6 Å². The predicted molar refractivity (Wildman–Crippen MR) is 81.5 cm³/mol. The third kappa shape index (κ3) is 4.45. The Morgan fingerprint density at radius 1 is 1.36 bits per heavy atom. The van der Waals surface area contributed by atoms with Crippen molar-refractivity contribution in [2.75, 3.05) is 23.8 Å². The average Bonchev–Trinajstić information content (AvgIpc) is 2.51. The summed E-state index contributed by atoms with van der Waals surface area (Å²) in [6, 6.07) is 9.08. The van der Waals surface area contributed by atoms with Gasteiger partial charge in [-0.1, -0.05) is 6.07 Å². The van der Waals surface area contributed by atoms with Gasteiger partial charge in [0.05, 0.1) is 6.54 Å². The van der Waals surface area contributed by atoms with Crippen molar-refractivity contribution < 1.29 is 9.53 Å². The van der Waals surface area contributed by atoms with Gasteiger partial charge in [-0.2, -0.15) is 5.26 Å². The van der Waals surface area contributed by atoms with Gasteiger partial charge < -0.3 is 15.4 Å². The molecule has 0 saturated heterocycles. The number of benzene rings is 1. The number of amides is 1. The molecule has 7 nitrogen and oxygen atoms in total. The van der Waals surface area contributed by atoms with Crippen molar-refractivity contribution in [2.45, 2.75) is 6.92 Å². The number of nitrogens with zero attached hydrogens (tertiary/aromatic N) is 3. The molecule has 1 heterocycles. The van der Waals surface area contributed by atoms with Gasteiger partial charge in [-0.15, -0.1) is 0 Å². The second kappa shape index (κ2) is 7.59. The van der Waals surface area contributed by atoms with Crippen LogP contribution in [-0.2, 0) is 4.79 Å². The van der Waals surface area contributed by atoms with E-state index < -0.39 is 0 Å². The molecule has 7 heteroatoms. The second-order valence-corrected chi connectivity index (χ2v) is 4.35. The van der Waals surface area contributed by atoms with Crippen LogP contribution in [0.3, 0.4) is 0 Å². The van der Waals surface area contributed by atoms with E-state index in [2.05, 4.69) is 20.6 Å². The van der Waals surface area contributed by atoms with Crippen LogP contribution in [0.25, 0.3) is 0 Å². The quantitative estimate of drug-likeness (QED) is 0.789. The largest absolute Gasteiger partial charge is 0.492 e. The summed E-state index contributed by atoms with van der Waals surface area (Å²) in [7, 11) is 0. The van der Waals surface area contributed by atoms with Gasteiger partial charge in [-0.05, 0) is 12.1 Å². The normalized spacial score (nSPS) is 9.64. The summed E-state index contributed by atoms with van der Waals surface area (Å²) in [5, 5.41) is 14.6. The van der Waals surface area contributed by atoms with Crippen molar-refractivity contribution in [3.8, 4) is 11.8 Å². The van der Waals surface area contributed by atoms with E-state index in [-0.39, 0.29) is 11.6 Å². The van der Waals surface area contributed by atoms with Crippen LogP contribution >= 0.6 is 0 Å². The van der Waals surface area contributed by atoms with Gasteiger partial charge in [0.15, 0.2) is 11.5 Å². The van der Waals surface area contributed by atoms with Crippen LogP contribution in [0.4, 0.5) is 11.5 Å². The Hall–Kier alpha value is -3.14. The van der Waals surface area contributed by atoms with Gasteiger partial charge in [0.1, 0.15) is 18.4 Å². The van der Waals surface area contributed by atoms with Crippen molar-refractivity contribution in [2.24, 2.45) is 0 Å². The van der Waals surface area contributed by atoms with Crippen LogP contribution in [0.5, 0.6) is 5.75 Å². The van der Waals surface area contributed by atoms with Crippen molar-refractivity contribution >= 4 is 17.4 Å². The lowest BCUT2D eigenvalue weighted by molar-refractivity contribution is -0.114. The zero-order valence-electron chi connectivity index (χ0n) is 12.0. The lowest BCUT2D eigenvalue weighted by atomic mass is 10.3. The first-order chi connectivity index (χ1) is 10.7. The molecule has 0 saturated carbocycles. The fourth-order valence-electron chi connectivity index (χ4n) is 1.75. The maximum Gasteiger partial charge on any atom is 0.221 e. The summed E-state index contributed by atoms with van der Waals surface area (Å²) >= 11 is 0. The highest BCUT2D eigenvalue weighted by Gasteiger charge is 2.03. The molecule has 0 fully saturated rings. The molecule has 2 aromatic rings. The lowest BCUT2D eigenvalue weighted by Gasteiger charge is -2.09. The van der Waals surface area contributed by atoms with Crippen molar-refractivity contribution in [1.29, 1.82) is 5.26 Å². The van der Waals surface area contributed by atoms with Gasteiger partial charge in [0.2, 0.25) is 5.91 Å². The topological polar surface area (TPSA) is 99.9 Å². The Balaban J connectivity index is 1.84. The van der Waals surface area contributed by atoms with E-state index in [1.807, 2.05) is 6.07 Å². The van der Waals surface area contributed by atoms with E-state index in [9.17, 15) is 4.79 Å². The summed E-state index contributed by atoms with van der Waals surface area (Å²) in [4.78, 5) is 18.9. The van der Waals surface area contributed by atoms with E-state index in [1.54, 1.807) is 24.3 Å². The number of carbonyl (C=O) groups excluding carboxylic acids is 1. The fourth-order valence-corrected chi connectivity index (χ4v) is 1.75. The molecule has 0 aliphatic carbocycles. The predicted octanol–water partition coefficient (Wildman–Crippen LogP) is 1.80. The summed E-state index contributed by atoms with van der Waals surface area (Å²) in [6.45, 7) is 2.30. The fraction of sp³-hybridized carbons (Fsp3) is 0.200. The maximum absolute atomic E-state index is 11.0. The maximum atomic E-state index is 11.0. The zero-order chi connectivity index (χ0) is 15.8. The van der Waals surface area contributed by atoms with Gasteiger partial charge in [0, 0.05) is 31.1 Å². The molecule has 0 aliphatic rings. The first-order valence-corrected chi connectivity index (χ1v) is 6.64. The molecular formula is C15H15N5O2. The Bertz CT molecular complexity index is 696. The molecule has 2 N–H and O–H groups in total. The minimum Gasteiger partial charge on any atom is -0.492 e. The SMILES string of the molecule is CC(=O)Nc1cccc(OCCNc2nccnc2C#N)c1. The van der Waals surface area contributed by atoms with E-state index in [0.29, 0.717) is 30.4 Å². The Kier molecular flexibility index (Phi) is 5.26.